The van der Waals surface area contributed by atoms with Gasteiger partial charge in [-0.25, -0.2) is 0 Å². The minimum absolute atomic E-state index is 0.151. The maximum Gasteiger partial charge on any atom is 0.127 e. The van der Waals surface area contributed by atoms with Crippen LogP contribution < -0.4 is 0 Å². The summed E-state index contributed by atoms with van der Waals surface area (Å²) < 4.78 is 0. The molecule has 4 heteroatoms. The van der Waals surface area contributed by atoms with E-state index in [1.807, 2.05) is 91.0 Å². The summed E-state index contributed by atoms with van der Waals surface area (Å²) in [7, 11) is 0. The Hall–Kier alpha value is -4.18. The summed E-state index contributed by atoms with van der Waals surface area (Å²) in [5.41, 5.74) is 4.59. The van der Waals surface area contributed by atoms with Gasteiger partial charge in [-0.2, -0.15) is 0 Å². The monoisotopic (exact) mass is 406 g/mol. The lowest BCUT2D eigenvalue weighted by Gasteiger charge is -2.09. The van der Waals surface area contributed by atoms with Crippen molar-refractivity contribution >= 4 is 23.8 Å². The van der Waals surface area contributed by atoms with Gasteiger partial charge in [0.1, 0.15) is 11.5 Å². The highest BCUT2D eigenvalue weighted by Gasteiger charge is 2.08. The number of aromatic hydroxyl groups is 2. The standard InChI is InChI=1S/C27H22N2O2/c30-26-17-20(14-15-22(26)18-28-24-10-3-1-4-11-24)16-21-8-7-9-23(27(21)31)19-29-25-12-5-2-6-13-25/h1-15,17-19,30-31H,16H2/b28-18+,29-19+. The fourth-order valence-corrected chi connectivity index (χ4v) is 3.20. The molecular weight excluding hydrogens is 384 g/mol. The molecule has 0 aliphatic rings. The predicted octanol–water partition coefficient (Wildman–Crippen LogP) is 6.19. The van der Waals surface area contributed by atoms with Crippen molar-refractivity contribution in [3.05, 3.63) is 119 Å². The van der Waals surface area contributed by atoms with Crippen LogP contribution in [0.2, 0.25) is 0 Å². The van der Waals surface area contributed by atoms with Gasteiger partial charge in [-0.15, -0.1) is 0 Å². The summed E-state index contributed by atoms with van der Waals surface area (Å²) in [6.07, 6.45) is 3.80. The molecule has 4 rings (SSSR count). The molecule has 0 amide bonds. The van der Waals surface area contributed by atoms with Crippen molar-refractivity contribution in [2.45, 2.75) is 6.42 Å². The molecule has 0 saturated heterocycles. The molecule has 0 bridgehead atoms. The average molecular weight is 406 g/mol. The predicted molar refractivity (Wildman–Crippen MR) is 126 cm³/mol. The number of phenolic OH excluding ortho intramolecular Hbond substituents is 2. The molecule has 0 heterocycles. The zero-order valence-electron chi connectivity index (χ0n) is 16.9. The number of benzene rings is 4. The van der Waals surface area contributed by atoms with Crippen LogP contribution >= 0.6 is 0 Å². The van der Waals surface area contributed by atoms with Gasteiger partial charge in [0.25, 0.3) is 0 Å². The van der Waals surface area contributed by atoms with Crippen molar-refractivity contribution in [1.29, 1.82) is 0 Å². The fraction of sp³-hybridized carbons (Fsp3) is 0.0370. The number of phenols is 2. The Kier molecular flexibility index (Phi) is 6.19. The van der Waals surface area contributed by atoms with Gasteiger partial charge in [0.2, 0.25) is 0 Å². The van der Waals surface area contributed by atoms with Gasteiger partial charge in [-0.1, -0.05) is 54.6 Å². The second-order valence-corrected chi connectivity index (χ2v) is 7.11. The molecule has 0 atom stereocenters. The molecule has 0 radical (unpaired) electrons. The van der Waals surface area contributed by atoms with Crippen LogP contribution in [0.25, 0.3) is 0 Å². The molecule has 2 N–H and O–H groups in total. The SMILES string of the molecule is Oc1cc(Cc2cccc(/C=N/c3ccccc3)c2O)ccc1/C=N/c1ccccc1. The summed E-state index contributed by atoms with van der Waals surface area (Å²) in [5.74, 6) is 0.342. The molecule has 0 saturated carbocycles. The minimum Gasteiger partial charge on any atom is -0.507 e. The molecule has 0 aromatic heterocycles. The molecule has 152 valence electrons. The third-order valence-corrected chi connectivity index (χ3v) is 4.86. The molecule has 0 aliphatic carbocycles. The first kappa shape index (κ1) is 20.1. The lowest BCUT2D eigenvalue weighted by Crippen LogP contribution is -1.93. The van der Waals surface area contributed by atoms with Crippen LogP contribution in [0, 0.1) is 0 Å². The highest BCUT2D eigenvalue weighted by molar-refractivity contribution is 5.86. The van der Waals surface area contributed by atoms with Crippen molar-refractivity contribution in [2.24, 2.45) is 9.98 Å². The van der Waals surface area contributed by atoms with Gasteiger partial charge in [-0.05, 0) is 53.6 Å². The smallest absolute Gasteiger partial charge is 0.127 e. The topological polar surface area (TPSA) is 65.2 Å². The molecule has 0 unspecified atom stereocenters. The Morgan fingerprint density at radius 3 is 1.84 bits per heavy atom. The van der Waals surface area contributed by atoms with Crippen LogP contribution in [0.4, 0.5) is 11.4 Å². The Balaban J connectivity index is 1.51. The number of para-hydroxylation sites is 3. The van der Waals surface area contributed by atoms with Gasteiger partial charge in [-0.3, -0.25) is 9.98 Å². The molecule has 0 aliphatic heterocycles. The van der Waals surface area contributed by atoms with E-state index in [0.717, 1.165) is 22.5 Å². The maximum absolute atomic E-state index is 10.7. The van der Waals surface area contributed by atoms with Crippen molar-refractivity contribution in [2.75, 3.05) is 0 Å². The van der Waals surface area contributed by atoms with E-state index in [4.69, 9.17) is 0 Å². The van der Waals surface area contributed by atoms with E-state index in [1.165, 1.54) is 0 Å². The van der Waals surface area contributed by atoms with E-state index in [-0.39, 0.29) is 11.5 Å². The van der Waals surface area contributed by atoms with E-state index >= 15 is 0 Å². The summed E-state index contributed by atoms with van der Waals surface area (Å²) in [4.78, 5) is 8.80. The van der Waals surface area contributed by atoms with Crippen LogP contribution in [0.1, 0.15) is 22.3 Å². The summed E-state index contributed by atoms with van der Waals surface area (Å²) >= 11 is 0. The van der Waals surface area contributed by atoms with Crippen LogP contribution in [0.15, 0.2) is 107 Å². The molecule has 0 fully saturated rings. The Labute approximate surface area is 181 Å². The van der Waals surface area contributed by atoms with Gasteiger partial charge < -0.3 is 10.2 Å². The highest BCUT2D eigenvalue weighted by atomic mass is 16.3. The lowest BCUT2D eigenvalue weighted by atomic mass is 10.00. The van der Waals surface area contributed by atoms with Crippen molar-refractivity contribution in [3.63, 3.8) is 0 Å². The third kappa shape index (κ3) is 5.25. The largest absolute Gasteiger partial charge is 0.507 e. The van der Waals surface area contributed by atoms with Crippen molar-refractivity contribution < 1.29 is 10.2 Å². The minimum atomic E-state index is 0.151. The Morgan fingerprint density at radius 2 is 1.23 bits per heavy atom. The highest BCUT2D eigenvalue weighted by Crippen LogP contribution is 2.27. The van der Waals surface area contributed by atoms with Crippen molar-refractivity contribution in [1.82, 2.24) is 0 Å². The maximum atomic E-state index is 10.7. The van der Waals surface area contributed by atoms with E-state index < -0.39 is 0 Å². The number of aliphatic imine (C=N–C) groups is 2. The van der Waals surface area contributed by atoms with Gasteiger partial charge >= 0.3 is 0 Å². The normalized spacial score (nSPS) is 11.4. The summed E-state index contributed by atoms with van der Waals surface area (Å²) in [5, 5.41) is 21.1. The lowest BCUT2D eigenvalue weighted by molar-refractivity contribution is 0.467. The Morgan fingerprint density at radius 1 is 0.613 bits per heavy atom. The van der Waals surface area contributed by atoms with Crippen LogP contribution in [-0.4, -0.2) is 22.6 Å². The van der Waals surface area contributed by atoms with Crippen molar-refractivity contribution in [3.8, 4) is 11.5 Å². The summed E-state index contributed by atoms with van der Waals surface area (Å²) in [6.45, 7) is 0. The van der Waals surface area contributed by atoms with Crippen LogP contribution in [-0.2, 0) is 6.42 Å². The number of nitrogens with zero attached hydrogens (tertiary/aromatic N) is 2. The van der Waals surface area contributed by atoms with Crippen LogP contribution in [0.5, 0.6) is 11.5 Å². The van der Waals surface area contributed by atoms with Gasteiger partial charge in [0.15, 0.2) is 0 Å². The third-order valence-electron chi connectivity index (χ3n) is 4.86. The molecule has 31 heavy (non-hydrogen) atoms. The van der Waals surface area contributed by atoms with Gasteiger partial charge in [0.05, 0.1) is 11.4 Å². The number of rotatable bonds is 6. The van der Waals surface area contributed by atoms with Gasteiger partial charge in [0, 0.05) is 30.0 Å². The number of hydrogen-bond acceptors (Lipinski definition) is 4. The quantitative estimate of drug-likeness (QED) is 0.375. The fourth-order valence-electron chi connectivity index (χ4n) is 3.20. The van der Waals surface area contributed by atoms with E-state index in [0.29, 0.717) is 17.5 Å². The Bertz CT molecular complexity index is 1220. The van der Waals surface area contributed by atoms with E-state index in [1.54, 1.807) is 18.5 Å². The second-order valence-electron chi connectivity index (χ2n) is 7.11. The van der Waals surface area contributed by atoms with E-state index in [9.17, 15) is 10.2 Å². The van der Waals surface area contributed by atoms with E-state index in [2.05, 4.69) is 9.98 Å². The first-order chi connectivity index (χ1) is 15.2. The average Bonchev–Trinajstić information content (AvgIpc) is 2.80. The molecular formula is C27H22N2O2. The first-order valence-electron chi connectivity index (χ1n) is 10.00. The molecule has 4 aromatic rings. The second kappa shape index (κ2) is 9.55. The molecule has 4 aromatic carbocycles. The van der Waals surface area contributed by atoms with Crippen LogP contribution in [0.3, 0.4) is 0 Å². The zero-order chi connectivity index (χ0) is 21.5. The first-order valence-corrected chi connectivity index (χ1v) is 10.00. The summed E-state index contributed by atoms with van der Waals surface area (Å²) in [6, 6.07) is 30.2. The molecule has 0 spiro atoms. The number of hydrogen-bond donors (Lipinski definition) is 2. The molecule has 4 nitrogen and oxygen atoms in total. The zero-order valence-corrected chi connectivity index (χ0v) is 16.9.